The molecule has 0 nitrogen and oxygen atoms in total. The average Bonchev–Trinajstić information content (AvgIpc) is 3.57. The molecule has 2 aliphatic carbocycles. The Balaban J connectivity index is 0.00000336. The van der Waals surface area contributed by atoms with Crippen molar-refractivity contribution in [3.8, 4) is 11.1 Å². The zero-order valence-corrected chi connectivity index (χ0v) is 40.7. The third-order valence-electron chi connectivity index (χ3n) is 11.9. The number of benzene rings is 4. The maximum atomic E-state index is 2.63. The van der Waals surface area contributed by atoms with Crippen molar-refractivity contribution in [3.05, 3.63) is 144 Å². The molecule has 292 valence electrons. The van der Waals surface area contributed by atoms with E-state index in [9.17, 15) is 0 Å². The molecule has 0 spiro atoms. The first kappa shape index (κ1) is 45.4. The van der Waals surface area contributed by atoms with Crippen molar-refractivity contribution in [1.82, 2.24) is 0 Å². The minimum atomic E-state index is -3.07. The summed E-state index contributed by atoms with van der Waals surface area (Å²) in [6.45, 7) is 38.1. The summed E-state index contributed by atoms with van der Waals surface area (Å²) in [4.78, 5) is 0. The van der Waals surface area contributed by atoms with Crippen molar-refractivity contribution in [2.24, 2.45) is 11.8 Å². The van der Waals surface area contributed by atoms with E-state index in [4.69, 9.17) is 0 Å². The number of hydrogen-bond acceptors (Lipinski definition) is 0. The van der Waals surface area contributed by atoms with Crippen LogP contribution in [-0.4, -0.2) is 3.21 Å². The molecule has 0 fully saturated rings. The fraction of sp³-hybridized carbons (Fsp3) is 0.442. The van der Waals surface area contributed by atoms with Crippen LogP contribution >= 0.6 is 0 Å². The Morgan fingerprint density at radius 2 is 1.05 bits per heavy atom. The van der Waals surface area contributed by atoms with E-state index in [2.05, 4.69) is 196 Å². The van der Waals surface area contributed by atoms with Crippen molar-refractivity contribution < 1.29 is 46.1 Å². The van der Waals surface area contributed by atoms with Gasteiger partial charge in [-0.05, 0) is 0 Å². The van der Waals surface area contributed by atoms with Crippen molar-refractivity contribution in [2.75, 3.05) is 0 Å². The van der Waals surface area contributed by atoms with Crippen LogP contribution in [0.25, 0.3) is 11.1 Å². The Kier molecular flexibility index (Phi) is 13.3. The molecule has 0 saturated heterocycles. The van der Waals surface area contributed by atoms with Gasteiger partial charge in [-0.15, -0.1) is 0 Å². The van der Waals surface area contributed by atoms with E-state index in [0.717, 1.165) is 6.42 Å². The van der Waals surface area contributed by atoms with Gasteiger partial charge in [-0.2, -0.15) is 0 Å². The number of allylic oxidation sites excluding steroid dienone is 4. The number of halogens is 2. The summed E-state index contributed by atoms with van der Waals surface area (Å²) < 4.78 is 5.11. The molecule has 6 rings (SSSR count). The van der Waals surface area contributed by atoms with Gasteiger partial charge in [-0.1, -0.05) is 0 Å². The van der Waals surface area contributed by atoms with Gasteiger partial charge in [0.1, 0.15) is 0 Å². The van der Waals surface area contributed by atoms with E-state index in [1.54, 1.807) is 32.0 Å². The van der Waals surface area contributed by atoms with Gasteiger partial charge in [0.15, 0.2) is 0 Å². The fourth-order valence-electron chi connectivity index (χ4n) is 8.79. The summed E-state index contributed by atoms with van der Waals surface area (Å²) in [7, 11) is 0. The summed E-state index contributed by atoms with van der Waals surface area (Å²) in [5.74, 6) is 0.920. The quantitative estimate of drug-likeness (QED) is 0.172. The van der Waals surface area contributed by atoms with E-state index in [0.29, 0.717) is 11.8 Å². The number of hydrogen-bond donors (Lipinski definition) is 0. The first-order valence-electron chi connectivity index (χ1n) is 20.2. The third kappa shape index (κ3) is 8.91. The fourth-order valence-corrected chi connectivity index (χ4v) is 18.6. The van der Waals surface area contributed by atoms with Crippen molar-refractivity contribution >= 4 is 6.48 Å². The van der Waals surface area contributed by atoms with Crippen molar-refractivity contribution in [1.29, 1.82) is 0 Å². The molecule has 1 atom stereocenters. The molecule has 0 N–H and O–H groups in total. The first-order chi connectivity index (χ1) is 24.5. The molecule has 0 heterocycles. The summed E-state index contributed by atoms with van der Waals surface area (Å²) in [5, 5.41) is 0. The predicted molar refractivity (Wildman–Crippen MR) is 230 cm³/mol. The van der Waals surface area contributed by atoms with Crippen LogP contribution in [0.4, 0.5) is 0 Å². The van der Waals surface area contributed by atoms with Gasteiger partial charge in [-0.25, -0.2) is 0 Å². The Hall–Kier alpha value is -2.31. The van der Waals surface area contributed by atoms with Crippen molar-refractivity contribution in [2.45, 2.75) is 139 Å². The van der Waals surface area contributed by atoms with Crippen molar-refractivity contribution in [3.63, 3.8) is 0 Å². The van der Waals surface area contributed by atoms with E-state index in [1.807, 2.05) is 0 Å². The van der Waals surface area contributed by atoms with Crippen LogP contribution in [0.1, 0.15) is 155 Å². The van der Waals surface area contributed by atoms with Gasteiger partial charge in [0.2, 0.25) is 0 Å². The Bertz CT molecular complexity index is 2080. The largest absolute Gasteiger partial charge is 1.00 e. The zero-order valence-electron chi connectivity index (χ0n) is 36.7. The normalized spacial score (nSPS) is 15.5. The first-order valence-corrected chi connectivity index (χ1v) is 23.9. The van der Waals surface area contributed by atoms with Crippen LogP contribution in [0, 0.1) is 11.8 Å². The monoisotopic (exact) mass is 850 g/mol. The second kappa shape index (κ2) is 16.2. The van der Waals surface area contributed by atoms with E-state index in [-0.39, 0.29) is 46.5 Å². The topological polar surface area (TPSA) is 0 Å². The van der Waals surface area contributed by atoms with Crippen LogP contribution in [-0.2, 0) is 49.3 Å². The molecule has 2 aliphatic rings. The smallest absolute Gasteiger partial charge is 1.00 e. The van der Waals surface area contributed by atoms with Crippen LogP contribution in [0.5, 0.6) is 0 Å². The molecule has 3 heteroatoms. The second-order valence-corrected chi connectivity index (χ2v) is 26.2. The van der Waals surface area contributed by atoms with Gasteiger partial charge in [0.25, 0.3) is 0 Å². The Labute approximate surface area is 355 Å². The van der Waals surface area contributed by atoms with Crippen LogP contribution in [0.3, 0.4) is 0 Å². The van der Waals surface area contributed by atoms with Gasteiger partial charge in [-0.3, -0.25) is 0 Å². The summed E-state index contributed by atoms with van der Waals surface area (Å²) >= 11 is -3.07. The van der Waals surface area contributed by atoms with E-state index in [1.165, 1.54) is 44.5 Å². The molecule has 1 unspecified atom stereocenters. The Morgan fingerprint density at radius 3 is 1.47 bits per heavy atom. The molecule has 0 saturated carbocycles. The predicted octanol–water partition coefficient (Wildman–Crippen LogP) is 7.47. The van der Waals surface area contributed by atoms with E-state index >= 15 is 0 Å². The minimum Gasteiger partial charge on any atom is -1.00 e. The molecule has 0 amide bonds. The number of fused-ring (bicyclic) bond motifs is 3. The van der Waals surface area contributed by atoms with Crippen LogP contribution in [0.2, 0.25) is 0 Å². The van der Waals surface area contributed by atoms with Gasteiger partial charge in [0, 0.05) is 0 Å². The second-order valence-electron chi connectivity index (χ2n) is 20.6. The molecule has 4 aromatic carbocycles. The molecule has 4 aromatic rings. The Morgan fingerprint density at radius 1 is 0.600 bits per heavy atom. The van der Waals surface area contributed by atoms with Gasteiger partial charge >= 0.3 is 333 Å². The molecule has 55 heavy (non-hydrogen) atoms. The molecular weight excluding hydrogens is 787 g/mol. The third-order valence-corrected chi connectivity index (χ3v) is 20.6. The zero-order chi connectivity index (χ0) is 39.0. The standard InChI is InChI=1S/C21H25.C21H26.C10H15.2ClH.Zr/c1-20(2,3)16-7-9-18-14(12-16)11-15-13-17(21(4,5)6)8-10-19(15)18;1-20(2,3)18-11-7-16(8-12-18)15-17-9-13-19(14-10-17)21(4,5)6;1-7(2)10-6-8(3)5-9(10)4;;;/h7-10,12H,11H2,1-6H3;7-14H,1-6H3;6-8H,1-4H3;2*1H;/q;;;;;+2/p-2. The minimum absolute atomic E-state index is 0. The van der Waals surface area contributed by atoms with Crippen LogP contribution < -0.4 is 28.1 Å². The summed E-state index contributed by atoms with van der Waals surface area (Å²) in [5.41, 5.74) is 18.0. The average molecular weight is 853 g/mol. The summed E-state index contributed by atoms with van der Waals surface area (Å²) in [6.07, 6.45) is 3.64. The molecule has 0 aromatic heterocycles. The molecular formula is C52H66Cl2Zr. The van der Waals surface area contributed by atoms with E-state index < -0.39 is 21.3 Å². The number of rotatable bonds is 5. The molecule has 0 radical (unpaired) electrons. The van der Waals surface area contributed by atoms with Crippen LogP contribution in [0.15, 0.2) is 99.4 Å². The van der Waals surface area contributed by atoms with Gasteiger partial charge < -0.3 is 24.8 Å². The molecule has 0 bridgehead atoms. The van der Waals surface area contributed by atoms with Gasteiger partial charge in [0.05, 0.1) is 0 Å². The maximum absolute atomic E-state index is 3.07. The SMILES string of the molecule is CC1=[C]([Zr+2](=[C](c2ccc(C(C)(C)C)cc2)c2ccc(C(C)(C)C)cc2)[c]2c(C(C)(C)C)ccc3c2Cc2cc(C(C)(C)C)ccc2-3)C(C)C=C1C(C)C.[Cl-].[Cl-]. The summed E-state index contributed by atoms with van der Waals surface area (Å²) in [6, 6.07) is 32.0. The molecule has 0 aliphatic heterocycles. The maximum Gasteiger partial charge on any atom is -1.00 e.